The maximum atomic E-state index is 11.7. The Morgan fingerprint density at radius 2 is 2.40 bits per heavy atom. The van der Waals surface area contributed by atoms with Gasteiger partial charge in [0.2, 0.25) is 5.91 Å². The lowest BCUT2D eigenvalue weighted by atomic mass is 9.70. The minimum atomic E-state index is -0.289. The fourth-order valence-corrected chi connectivity index (χ4v) is 2.11. The molecule has 2 N–H and O–H groups in total. The van der Waals surface area contributed by atoms with Gasteiger partial charge in [0, 0.05) is 19.6 Å². The van der Waals surface area contributed by atoms with E-state index >= 15 is 0 Å². The standard InChI is InChI=1S/C11H20N2O2/c1-11(3-2-4-11)8-13-10(14)9-7-12-5-6-15-9/h9,12H,2-8H2,1H3,(H,13,14)/t9-/m1/s1. The zero-order valence-electron chi connectivity index (χ0n) is 9.34. The summed E-state index contributed by atoms with van der Waals surface area (Å²) < 4.78 is 5.38. The Morgan fingerprint density at radius 1 is 1.60 bits per heavy atom. The van der Waals surface area contributed by atoms with Gasteiger partial charge in [-0.15, -0.1) is 0 Å². The fraction of sp³-hybridized carbons (Fsp3) is 0.909. The zero-order chi connectivity index (χ0) is 10.7. The monoisotopic (exact) mass is 212 g/mol. The van der Waals surface area contributed by atoms with Crippen molar-refractivity contribution in [2.45, 2.75) is 32.3 Å². The Morgan fingerprint density at radius 3 is 2.93 bits per heavy atom. The summed E-state index contributed by atoms with van der Waals surface area (Å²) in [4.78, 5) is 11.7. The number of hydrogen-bond donors (Lipinski definition) is 2. The molecule has 2 aliphatic rings. The van der Waals surface area contributed by atoms with Crippen molar-refractivity contribution in [2.75, 3.05) is 26.2 Å². The molecule has 2 rings (SSSR count). The van der Waals surface area contributed by atoms with E-state index in [0.717, 1.165) is 13.1 Å². The van der Waals surface area contributed by atoms with Crippen molar-refractivity contribution < 1.29 is 9.53 Å². The quantitative estimate of drug-likeness (QED) is 0.706. The minimum absolute atomic E-state index is 0.0373. The predicted octanol–water partition coefficient (Wildman–Crippen LogP) is 0.281. The summed E-state index contributed by atoms with van der Waals surface area (Å²) in [6.07, 6.45) is 3.48. The van der Waals surface area contributed by atoms with Crippen LogP contribution in [0.1, 0.15) is 26.2 Å². The Labute approximate surface area is 90.8 Å². The topological polar surface area (TPSA) is 50.4 Å². The summed E-state index contributed by atoms with van der Waals surface area (Å²) in [7, 11) is 0. The minimum Gasteiger partial charge on any atom is -0.366 e. The van der Waals surface area contributed by atoms with Crippen LogP contribution in [0.15, 0.2) is 0 Å². The molecule has 0 aromatic heterocycles. The lowest BCUT2D eigenvalue weighted by Crippen LogP contribution is -2.50. The second-order valence-electron chi connectivity index (χ2n) is 4.95. The van der Waals surface area contributed by atoms with Gasteiger partial charge in [0.1, 0.15) is 6.10 Å². The van der Waals surface area contributed by atoms with Crippen molar-refractivity contribution in [2.24, 2.45) is 5.41 Å². The molecule has 4 heteroatoms. The van der Waals surface area contributed by atoms with Crippen LogP contribution in [0.25, 0.3) is 0 Å². The van der Waals surface area contributed by atoms with Crippen molar-refractivity contribution in [1.82, 2.24) is 10.6 Å². The number of ether oxygens (including phenoxy) is 1. The molecule has 0 unspecified atom stereocenters. The Balaban J connectivity index is 1.71. The number of carbonyl (C=O) groups excluding carboxylic acids is 1. The summed E-state index contributed by atoms with van der Waals surface area (Å²) >= 11 is 0. The maximum Gasteiger partial charge on any atom is 0.250 e. The van der Waals surface area contributed by atoms with E-state index in [9.17, 15) is 4.79 Å². The first-order chi connectivity index (χ1) is 7.20. The van der Waals surface area contributed by atoms with Gasteiger partial charge in [-0.25, -0.2) is 0 Å². The third-order valence-corrected chi connectivity index (χ3v) is 3.47. The first-order valence-corrected chi connectivity index (χ1v) is 5.80. The molecule has 0 radical (unpaired) electrons. The summed E-state index contributed by atoms with van der Waals surface area (Å²) in [5, 5.41) is 6.15. The van der Waals surface area contributed by atoms with Gasteiger partial charge in [0.25, 0.3) is 0 Å². The van der Waals surface area contributed by atoms with E-state index in [2.05, 4.69) is 17.6 Å². The van der Waals surface area contributed by atoms with Crippen molar-refractivity contribution in [3.05, 3.63) is 0 Å². The van der Waals surface area contributed by atoms with Crippen LogP contribution in [0, 0.1) is 5.41 Å². The molecule has 1 aliphatic carbocycles. The van der Waals surface area contributed by atoms with Gasteiger partial charge >= 0.3 is 0 Å². The molecule has 0 aromatic carbocycles. The fourth-order valence-electron chi connectivity index (χ4n) is 2.11. The van der Waals surface area contributed by atoms with Crippen LogP contribution in [0.2, 0.25) is 0 Å². The first-order valence-electron chi connectivity index (χ1n) is 5.80. The summed E-state index contributed by atoms with van der Waals surface area (Å²) in [5.41, 5.74) is 0.345. The van der Waals surface area contributed by atoms with E-state index in [1.165, 1.54) is 19.3 Å². The zero-order valence-corrected chi connectivity index (χ0v) is 9.34. The summed E-state index contributed by atoms with van der Waals surface area (Å²) in [6, 6.07) is 0. The van der Waals surface area contributed by atoms with Crippen LogP contribution in [0.3, 0.4) is 0 Å². The van der Waals surface area contributed by atoms with Crippen LogP contribution in [0.5, 0.6) is 0 Å². The lowest BCUT2D eigenvalue weighted by Gasteiger charge is -2.38. The molecule has 1 saturated heterocycles. The molecule has 2 fully saturated rings. The highest BCUT2D eigenvalue weighted by atomic mass is 16.5. The van der Waals surface area contributed by atoms with E-state index in [4.69, 9.17) is 4.74 Å². The Kier molecular flexibility index (Phi) is 3.26. The highest BCUT2D eigenvalue weighted by Crippen LogP contribution is 2.39. The molecule has 86 valence electrons. The largest absolute Gasteiger partial charge is 0.366 e. The van der Waals surface area contributed by atoms with Gasteiger partial charge < -0.3 is 15.4 Å². The normalized spacial score (nSPS) is 29.3. The van der Waals surface area contributed by atoms with E-state index in [-0.39, 0.29) is 12.0 Å². The van der Waals surface area contributed by atoms with Crippen molar-refractivity contribution in [3.8, 4) is 0 Å². The van der Waals surface area contributed by atoms with Crippen LogP contribution in [0.4, 0.5) is 0 Å². The molecule has 0 spiro atoms. The second kappa shape index (κ2) is 4.49. The predicted molar refractivity (Wildman–Crippen MR) is 57.6 cm³/mol. The molecule has 15 heavy (non-hydrogen) atoms. The van der Waals surface area contributed by atoms with Gasteiger partial charge in [-0.3, -0.25) is 4.79 Å². The average Bonchev–Trinajstić information content (AvgIpc) is 2.24. The van der Waals surface area contributed by atoms with Gasteiger partial charge in [-0.05, 0) is 18.3 Å². The molecule has 0 bridgehead atoms. The smallest absolute Gasteiger partial charge is 0.250 e. The maximum absolute atomic E-state index is 11.7. The van der Waals surface area contributed by atoms with Crippen LogP contribution in [-0.4, -0.2) is 38.3 Å². The molecular formula is C11H20N2O2. The van der Waals surface area contributed by atoms with Gasteiger partial charge in [-0.2, -0.15) is 0 Å². The lowest BCUT2D eigenvalue weighted by molar-refractivity contribution is -0.135. The first kappa shape index (κ1) is 10.9. The number of carbonyl (C=O) groups is 1. The molecular weight excluding hydrogens is 192 g/mol. The highest BCUT2D eigenvalue weighted by Gasteiger charge is 2.33. The molecule has 0 aromatic rings. The molecule has 4 nitrogen and oxygen atoms in total. The van der Waals surface area contributed by atoms with E-state index in [1.807, 2.05) is 0 Å². The molecule has 1 aliphatic heterocycles. The Hall–Kier alpha value is -0.610. The third-order valence-electron chi connectivity index (χ3n) is 3.47. The molecule has 1 atom stereocenters. The third kappa shape index (κ3) is 2.69. The molecule has 1 heterocycles. The van der Waals surface area contributed by atoms with Crippen LogP contribution in [-0.2, 0) is 9.53 Å². The van der Waals surface area contributed by atoms with Crippen LogP contribution >= 0.6 is 0 Å². The Bertz CT molecular complexity index is 233. The number of amides is 1. The van der Waals surface area contributed by atoms with E-state index in [1.54, 1.807) is 0 Å². The number of morpholine rings is 1. The van der Waals surface area contributed by atoms with Gasteiger partial charge in [0.05, 0.1) is 6.61 Å². The van der Waals surface area contributed by atoms with Crippen molar-refractivity contribution >= 4 is 5.91 Å². The van der Waals surface area contributed by atoms with E-state index in [0.29, 0.717) is 18.6 Å². The summed E-state index contributed by atoms with van der Waals surface area (Å²) in [6.45, 7) is 5.15. The highest BCUT2D eigenvalue weighted by molar-refractivity contribution is 5.81. The van der Waals surface area contributed by atoms with Gasteiger partial charge in [0.15, 0.2) is 0 Å². The average molecular weight is 212 g/mol. The second-order valence-corrected chi connectivity index (χ2v) is 4.95. The number of nitrogens with one attached hydrogen (secondary N) is 2. The van der Waals surface area contributed by atoms with Gasteiger partial charge in [-0.1, -0.05) is 13.3 Å². The van der Waals surface area contributed by atoms with Crippen molar-refractivity contribution in [3.63, 3.8) is 0 Å². The molecule has 1 saturated carbocycles. The van der Waals surface area contributed by atoms with Crippen LogP contribution < -0.4 is 10.6 Å². The SMILES string of the molecule is CC1(CNC(=O)[C@H]2CNCCO2)CCC1. The molecule has 1 amide bonds. The van der Waals surface area contributed by atoms with E-state index < -0.39 is 0 Å². The van der Waals surface area contributed by atoms with Crippen molar-refractivity contribution in [1.29, 1.82) is 0 Å². The number of rotatable bonds is 3. The number of hydrogen-bond acceptors (Lipinski definition) is 3. The summed E-state index contributed by atoms with van der Waals surface area (Å²) in [5.74, 6) is 0.0373.